The number of urea groups is 1. The monoisotopic (exact) mass is 456 g/mol. The fraction of sp³-hybridized carbons (Fsp3) is 0.571. The van der Waals surface area contributed by atoms with Gasteiger partial charge in [0.25, 0.3) is 0 Å². The number of benzene rings is 1. The topological polar surface area (TPSA) is 89.7 Å². The highest BCUT2D eigenvalue weighted by Crippen LogP contribution is 2.37. The Balaban J connectivity index is 1.79. The number of halogens is 3. The molecule has 0 saturated carbocycles. The van der Waals surface area contributed by atoms with E-state index >= 15 is 0 Å². The third-order valence-corrected chi connectivity index (χ3v) is 5.39. The maximum Gasteiger partial charge on any atom is 0.416 e. The summed E-state index contributed by atoms with van der Waals surface area (Å²) in [6.45, 7) is 1.90. The second-order valence-electron chi connectivity index (χ2n) is 7.67. The fourth-order valence-electron chi connectivity index (χ4n) is 3.73. The zero-order chi connectivity index (χ0) is 23.1. The first-order valence-electron chi connectivity index (χ1n) is 10.3. The van der Waals surface area contributed by atoms with E-state index in [4.69, 9.17) is 14.0 Å². The largest absolute Gasteiger partial charge is 0.416 e. The van der Waals surface area contributed by atoms with Gasteiger partial charge in [-0.1, -0.05) is 17.3 Å². The maximum absolute atomic E-state index is 12.9. The molecule has 1 saturated heterocycles. The van der Waals surface area contributed by atoms with Crippen molar-refractivity contribution in [1.82, 2.24) is 20.4 Å². The first-order valence-corrected chi connectivity index (χ1v) is 10.3. The Morgan fingerprint density at radius 1 is 1.16 bits per heavy atom. The predicted molar refractivity (Wildman–Crippen MR) is 108 cm³/mol. The van der Waals surface area contributed by atoms with Crippen molar-refractivity contribution in [1.29, 1.82) is 0 Å². The number of methoxy groups -OCH3 is 2. The van der Waals surface area contributed by atoms with Gasteiger partial charge in [-0.3, -0.25) is 0 Å². The molecule has 2 heterocycles. The first-order chi connectivity index (χ1) is 15.3. The van der Waals surface area contributed by atoms with Gasteiger partial charge in [-0.2, -0.15) is 18.2 Å². The number of ether oxygens (including phenoxy) is 2. The molecule has 1 N–H and O–H groups in total. The number of likely N-dealkylation sites (tertiary alicyclic amines) is 1. The zero-order valence-electron chi connectivity index (χ0n) is 18.0. The van der Waals surface area contributed by atoms with Gasteiger partial charge in [0.2, 0.25) is 5.89 Å². The third kappa shape index (κ3) is 6.19. The molecule has 0 bridgehead atoms. The second-order valence-corrected chi connectivity index (χ2v) is 7.67. The summed E-state index contributed by atoms with van der Waals surface area (Å²) in [5, 5.41) is 6.76. The maximum atomic E-state index is 12.9. The van der Waals surface area contributed by atoms with E-state index in [0.717, 1.165) is 17.7 Å². The predicted octanol–water partition coefficient (Wildman–Crippen LogP) is 3.21. The highest BCUT2D eigenvalue weighted by Gasteiger charge is 2.35. The molecule has 1 aromatic carbocycles. The molecular formula is C21H27F3N4O4. The Bertz CT molecular complexity index is 873. The minimum absolute atomic E-state index is 0.182. The molecule has 1 aromatic heterocycles. The van der Waals surface area contributed by atoms with E-state index in [9.17, 15) is 18.0 Å². The standard InChI is InChI=1S/C21H27F3N4O4/c1-30-9-7-18-26-19(32-27-18)16-11-15(12-28(13-16)20(29)25-8-10-31-2)14-3-5-17(6-4-14)21(22,23)24/h3-6,15-16H,7-13H2,1-2H3,(H,25,29). The number of nitrogens with zero attached hydrogens (tertiary/aromatic N) is 3. The molecule has 2 unspecified atom stereocenters. The molecule has 2 atom stereocenters. The van der Waals surface area contributed by atoms with Crippen molar-refractivity contribution >= 4 is 6.03 Å². The van der Waals surface area contributed by atoms with E-state index < -0.39 is 11.7 Å². The van der Waals surface area contributed by atoms with Crippen LogP contribution in [-0.4, -0.2) is 68.1 Å². The van der Waals surface area contributed by atoms with Crippen molar-refractivity contribution in [2.24, 2.45) is 0 Å². The average molecular weight is 456 g/mol. The number of carbonyl (C=O) groups excluding carboxylic acids is 1. The SMILES string of the molecule is COCCNC(=O)N1CC(c2ccc(C(F)(F)F)cc2)CC(c2nc(CCOC)no2)C1. The van der Waals surface area contributed by atoms with Crippen LogP contribution >= 0.6 is 0 Å². The van der Waals surface area contributed by atoms with Crippen LogP contribution in [0.15, 0.2) is 28.8 Å². The molecule has 176 valence electrons. The van der Waals surface area contributed by atoms with Crippen LogP contribution in [0.5, 0.6) is 0 Å². The number of nitrogens with one attached hydrogen (secondary N) is 1. The quantitative estimate of drug-likeness (QED) is 0.614. The summed E-state index contributed by atoms with van der Waals surface area (Å²) in [6, 6.07) is 4.79. The van der Waals surface area contributed by atoms with Crippen LogP contribution in [0.3, 0.4) is 0 Å². The van der Waals surface area contributed by atoms with E-state index in [0.29, 0.717) is 57.4 Å². The van der Waals surface area contributed by atoms with E-state index in [1.54, 1.807) is 19.1 Å². The number of rotatable bonds is 8. The van der Waals surface area contributed by atoms with Crippen LogP contribution in [0, 0.1) is 0 Å². The van der Waals surface area contributed by atoms with E-state index in [-0.39, 0.29) is 17.9 Å². The molecule has 1 fully saturated rings. The molecule has 32 heavy (non-hydrogen) atoms. The minimum Gasteiger partial charge on any atom is -0.384 e. The van der Waals surface area contributed by atoms with Crippen molar-refractivity contribution in [3.63, 3.8) is 0 Å². The Hall–Kier alpha value is -2.66. The molecular weight excluding hydrogens is 429 g/mol. The summed E-state index contributed by atoms with van der Waals surface area (Å²) in [6.07, 6.45) is -3.33. The van der Waals surface area contributed by atoms with Crippen LogP contribution in [0.2, 0.25) is 0 Å². The normalized spacial score (nSPS) is 19.2. The van der Waals surface area contributed by atoms with Crippen molar-refractivity contribution in [2.75, 3.05) is 47.1 Å². The molecule has 3 rings (SSSR count). The number of aromatic nitrogens is 2. The smallest absolute Gasteiger partial charge is 0.384 e. The molecule has 11 heteroatoms. The lowest BCUT2D eigenvalue weighted by Gasteiger charge is -2.36. The summed E-state index contributed by atoms with van der Waals surface area (Å²) in [5.74, 6) is 0.489. The molecule has 2 amide bonds. The first kappa shape index (κ1) is 24.0. The highest BCUT2D eigenvalue weighted by atomic mass is 19.4. The van der Waals surface area contributed by atoms with Gasteiger partial charge in [0.1, 0.15) is 0 Å². The van der Waals surface area contributed by atoms with Gasteiger partial charge in [0, 0.05) is 46.2 Å². The lowest BCUT2D eigenvalue weighted by molar-refractivity contribution is -0.137. The lowest BCUT2D eigenvalue weighted by atomic mass is 9.84. The highest BCUT2D eigenvalue weighted by molar-refractivity contribution is 5.74. The summed E-state index contributed by atoms with van der Waals surface area (Å²) < 4.78 is 54.3. The van der Waals surface area contributed by atoms with Crippen molar-refractivity contribution < 1.29 is 32.0 Å². The zero-order valence-corrected chi connectivity index (χ0v) is 18.0. The fourth-order valence-corrected chi connectivity index (χ4v) is 3.73. The molecule has 1 aliphatic rings. The lowest BCUT2D eigenvalue weighted by Crippen LogP contribution is -2.48. The van der Waals surface area contributed by atoms with Gasteiger partial charge in [-0.15, -0.1) is 0 Å². The van der Waals surface area contributed by atoms with Gasteiger partial charge >= 0.3 is 12.2 Å². The van der Waals surface area contributed by atoms with Crippen molar-refractivity contribution in [3.8, 4) is 0 Å². The Kier molecular flexibility index (Phi) is 8.08. The molecule has 0 aliphatic carbocycles. The molecule has 1 aliphatic heterocycles. The van der Waals surface area contributed by atoms with E-state index in [1.165, 1.54) is 12.1 Å². The van der Waals surface area contributed by atoms with Gasteiger partial charge in [0.15, 0.2) is 5.82 Å². The molecule has 8 nitrogen and oxygen atoms in total. The number of carbonyl (C=O) groups is 1. The Morgan fingerprint density at radius 2 is 1.84 bits per heavy atom. The van der Waals surface area contributed by atoms with Gasteiger partial charge in [-0.05, 0) is 24.1 Å². The summed E-state index contributed by atoms with van der Waals surface area (Å²) in [5.41, 5.74) is 0.0129. The Labute approximate surface area is 184 Å². The number of piperidine rings is 1. The number of hydrogen-bond donors (Lipinski definition) is 1. The number of amides is 2. The minimum atomic E-state index is -4.40. The second kappa shape index (κ2) is 10.8. The number of alkyl halides is 3. The van der Waals surface area contributed by atoms with Crippen LogP contribution < -0.4 is 5.32 Å². The van der Waals surface area contributed by atoms with Gasteiger partial charge in [-0.25, -0.2) is 4.79 Å². The summed E-state index contributed by atoms with van der Waals surface area (Å²) >= 11 is 0. The van der Waals surface area contributed by atoms with Crippen LogP contribution in [-0.2, 0) is 22.1 Å². The summed E-state index contributed by atoms with van der Waals surface area (Å²) in [4.78, 5) is 18.7. The molecule has 2 aromatic rings. The van der Waals surface area contributed by atoms with Gasteiger partial charge in [0.05, 0.1) is 24.7 Å². The van der Waals surface area contributed by atoms with Crippen LogP contribution in [0.25, 0.3) is 0 Å². The van der Waals surface area contributed by atoms with Crippen LogP contribution in [0.4, 0.5) is 18.0 Å². The Morgan fingerprint density at radius 3 is 2.50 bits per heavy atom. The molecule has 0 spiro atoms. The third-order valence-electron chi connectivity index (χ3n) is 5.39. The van der Waals surface area contributed by atoms with Gasteiger partial charge < -0.3 is 24.2 Å². The summed E-state index contributed by atoms with van der Waals surface area (Å²) in [7, 11) is 3.12. The van der Waals surface area contributed by atoms with Crippen molar-refractivity contribution in [2.45, 2.75) is 30.9 Å². The van der Waals surface area contributed by atoms with E-state index in [1.807, 2.05) is 0 Å². The number of hydrogen-bond acceptors (Lipinski definition) is 6. The van der Waals surface area contributed by atoms with Crippen molar-refractivity contribution in [3.05, 3.63) is 47.1 Å². The van der Waals surface area contributed by atoms with E-state index in [2.05, 4.69) is 15.5 Å². The molecule has 0 radical (unpaired) electrons. The average Bonchev–Trinajstić information content (AvgIpc) is 3.26. The van der Waals surface area contributed by atoms with Crippen LogP contribution in [0.1, 0.15) is 41.1 Å².